The summed E-state index contributed by atoms with van der Waals surface area (Å²) in [6, 6.07) is 0. The number of epoxide rings is 1. The average Bonchev–Trinajstić information content (AvgIpc) is 3.26. The van der Waals surface area contributed by atoms with Crippen molar-refractivity contribution in [2.45, 2.75) is 131 Å². The highest BCUT2D eigenvalue weighted by Crippen LogP contribution is 2.73. The van der Waals surface area contributed by atoms with Crippen molar-refractivity contribution in [2.75, 3.05) is 0 Å². The van der Waals surface area contributed by atoms with E-state index in [1.54, 1.807) is 5.57 Å². The van der Waals surface area contributed by atoms with Crippen LogP contribution < -0.4 is 0 Å². The van der Waals surface area contributed by atoms with Crippen LogP contribution in [0.1, 0.15) is 107 Å². The summed E-state index contributed by atoms with van der Waals surface area (Å²) in [5.41, 5.74) is 2.50. The molecule has 3 nitrogen and oxygen atoms in total. The van der Waals surface area contributed by atoms with Gasteiger partial charge in [-0.05, 0) is 111 Å². The lowest BCUT2D eigenvalue weighted by Gasteiger charge is -2.64. The van der Waals surface area contributed by atoms with E-state index in [9.17, 15) is 10.2 Å². The fourth-order valence-electron chi connectivity index (χ4n) is 10.2. The molecule has 1 aliphatic heterocycles. The highest BCUT2D eigenvalue weighted by atomic mass is 16.6. The van der Waals surface area contributed by atoms with Gasteiger partial charge in [-0.2, -0.15) is 0 Å². The Morgan fingerprint density at radius 1 is 1.00 bits per heavy atom. The summed E-state index contributed by atoms with van der Waals surface area (Å²) in [4.78, 5) is 0. The van der Waals surface area contributed by atoms with Gasteiger partial charge in [0.2, 0.25) is 0 Å². The molecule has 0 spiro atoms. The van der Waals surface area contributed by atoms with Gasteiger partial charge in [0, 0.05) is 0 Å². The topological polar surface area (TPSA) is 53.0 Å². The Bertz CT molecular complexity index is 828. The monoisotopic (exact) mass is 458 g/mol. The molecular formula is C30H50O3. The molecule has 0 radical (unpaired) electrons. The highest BCUT2D eigenvalue weighted by molar-refractivity contribution is 5.33. The Labute approximate surface area is 202 Å². The number of rotatable bonds is 4. The minimum absolute atomic E-state index is 0.00178. The zero-order valence-corrected chi connectivity index (χ0v) is 22.6. The molecule has 33 heavy (non-hydrogen) atoms. The molecule has 1 saturated heterocycles. The van der Waals surface area contributed by atoms with E-state index in [1.165, 1.54) is 32.1 Å². The number of allylic oxidation sites excluding steroid dienone is 2. The number of hydrogen-bond acceptors (Lipinski definition) is 3. The van der Waals surface area contributed by atoms with Crippen LogP contribution in [0.2, 0.25) is 0 Å². The van der Waals surface area contributed by atoms with Crippen LogP contribution in [0.4, 0.5) is 0 Å². The van der Waals surface area contributed by atoms with Crippen molar-refractivity contribution in [1.29, 1.82) is 0 Å². The Morgan fingerprint density at radius 2 is 1.67 bits per heavy atom. The maximum Gasteiger partial charge on any atom is 0.113 e. The largest absolute Gasteiger partial charge is 0.393 e. The Balaban J connectivity index is 1.40. The van der Waals surface area contributed by atoms with Gasteiger partial charge >= 0.3 is 0 Å². The Morgan fingerprint density at radius 3 is 2.30 bits per heavy atom. The van der Waals surface area contributed by atoms with Crippen molar-refractivity contribution in [2.24, 2.45) is 45.3 Å². The first kappa shape index (κ1) is 24.3. The summed E-state index contributed by atoms with van der Waals surface area (Å²) in [5.74, 6) is 2.42. The van der Waals surface area contributed by atoms with Crippen LogP contribution in [0.3, 0.4) is 0 Å². The lowest BCUT2D eigenvalue weighted by atomic mass is 9.41. The minimum Gasteiger partial charge on any atom is -0.393 e. The molecule has 4 aliphatic carbocycles. The van der Waals surface area contributed by atoms with Crippen molar-refractivity contribution in [3.63, 3.8) is 0 Å². The van der Waals surface area contributed by atoms with Gasteiger partial charge in [0.1, 0.15) is 6.10 Å². The third-order valence-corrected chi connectivity index (χ3v) is 12.6. The fourth-order valence-corrected chi connectivity index (χ4v) is 10.2. The van der Waals surface area contributed by atoms with Gasteiger partial charge in [-0.25, -0.2) is 0 Å². The van der Waals surface area contributed by atoms with Crippen LogP contribution in [0, 0.1) is 45.3 Å². The molecule has 0 bridgehead atoms. The molecule has 3 saturated carbocycles. The van der Waals surface area contributed by atoms with Crippen LogP contribution in [-0.4, -0.2) is 34.1 Å². The fraction of sp³-hybridized carbons (Fsp3) is 0.933. The second-order valence-corrected chi connectivity index (χ2v) is 14.7. The van der Waals surface area contributed by atoms with Crippen LogP contribution in [0.25, 0.3) is 0 Å². The minimum atomic E-state index is -0.341. The number of aliphatic hydroxyl groups is 2. The second-order valence-electron chi connectivity index (χ2n) is 14.7. The van der Waals surface area contributed by atoms with E-state index in [0.717, 1.165) is 19.3 Å². The summed E-state index contributed by atoms with van der Waals surface area (Å²) in [6.07, 6.45) is 11.4. The van der Waals surface area contributed by atoms with Crippen LogP contribution in [0.5, 0.6) is 0 Å². The molecule has 0 amide bonds. The molecule has 10 atom stereocenters. The standard InChI is InChI=1S/C30H50O3/c1-18(17-22(31)25-27(4,5)33-25)19-11-15-30(8)21-9-10-23-26(2,3)24(32)13-14-28(23,6)20(21)12-16-29(19,30)7/h9,18-20,22-25,31-32H,10-17H2,1-8H3/t18-,19-,20+,22+,23-,24-,25-,28+,29-,30+/m0/s1. The van der Waals surface area contributed by atoms with Crippen LogP contribution in [0.15, 0.2) is 11.6 Å². The molecular weight excluding hydrogens is 408 g/mol. The third-order valence-electron chi connectivity index (χ3n) is 12.6. The van der Waals surface area contributed by atoms with Crippen LogP contribution >= 0.6 is 0 Å². The molecule has 0 aromatic carbocycles. The van der Waals surface area contributed by atoms with E-state index in [4.69, 9.17) is 4.74 Å². The number of hydrogen-bond donors (Lipinski definition) is 2. The van der Waals surface area contributed by atoms with Crippen LogP contribution in [-0.2, 0) is 4.74 Å². The molecule has 1 heterocycles. The van der Waals surface area contributed by atoms with E-state index in [1.807, 2.05) is 0 Å². The van der Waals surface area contributed by atoms with E-state index < -0.39 is 0 Å². The first-order valence-electron chi connectivity index (χ1n) is 13.9. The summed E-state index contributed by atoms with van der Waals surface area (Å²) in [5, 5.41) is 21.7. The number of fused-ring (bicyclic) bond motifs is 5. The number of ether oxygens (including phenoxy) is 1. The van der Waals surface area contributed by atoms with Crippen molar-refractivity contribution in [3.05, 3.63) is 11.6 Å². The van der Waals surface area contributed by atoms with Gasteiger partial charge in [-0.15, -0.1) is 0 Å². The summed E-state index contributed by atoms with van der Waals surface area (Å²) in [7, 11) is 0. The molecule has 5 rings (SSSR count). The first-order chi connectivity index (χ1) is 15.2. The van der Waals surface area contributed by atoms with Gasteiger partial charge in [-0.3, -0.25) is 0 Å². The Hall–Kier alpha value is -0.380. The highest BCUT2D eigenvalue weighted by Gasteiger charge is 2.65. The first-order valence-corrected chi connectivity index (χ1v) is 13.9. The maximum absolute atomic E-state index is 10.9. The normalized spacial score (nSPS) is 51.6. The zero-order valence-electron chi connectivity index (χ0n) is 22.6. The molecule has 0 unspecified atom stereocenters. The summed E-state index contributed by atoms with van der Waals surface area (Å²) >= 11 is 0. The lowest BCUT2D eigenvalue weighted by molar-refractivity contribution is -0.131. The summed E-state index contributed by atoms with van der Waals surface area (Å²) < 4.78 is 5.76. The van der Waals surface area contributed by atoms with Gasteiger partial charge in [0.25, 0.3) is 0 Å². The van der Waals surface area contributed by atoms with E-state index in [-0.39, 0.29) is 34.7 Å². The summed E-state index contributed by atoms with van der Waals surface area (Å²) in [6.45, 7) is 19.0. The molecule has 5 aliphatic rings. The van der Waals surface area contributed by atoms with Gasteiger partial charge in [0.15, 0.2) is 0 Å². The Kier molecular flexibility index (Phi) is 5.40. The molecule has 0 aromatic rings. The van der Waals surface area contributed by atoms with Crippen molar-refractivity contribution < 1.29 is 14.9 Å². The molecule has 188 valence electrons. The van der Waals surface area contributed by atoms with Gasteiger partial charge < -0.3 is 14.9 Å². The predicted molar refractivity (Wildman–Crippen MR) is 134 cm³/mol. The smallest absolute Gasteiger partial charge is 0.113 e. The molecule has 2 N–H and O–H groups in total. The SMILES string of the molecule is C[C@@H](C[C@@H](O)[C@@H]1OC1(C)C)[C@@H]1CC[C@]2(C)C3=CC[C@H]4C(C)(C)[C@@H](O)CC[C@]4(C)[C@@H]3CC[C@@]12C. The third kappa shape index (κ3) is 3.23. The second kappa shape index (κ2) is 7.32. The molecule has 4 fully saturated rings. The molecule has 0 aromatic heterocycles. The van der Waals surface area contributed by atoms with Gasteiger partial charge in [-0.1, -0.05) is 53.2 Å². The van der Waals surface area contributed by atoms with Gasteiger partial charge in [0.05, 0.1) is 17.8 Å². The zero-order chi connectivity index (χ0) is 24.2. The van der Waals surface area contributed by atoms with Crippen molar-refractivity contribution >= 4 is 0 Å². The average molecular weight is 459 g/mol. The van der Waals surface area contributed by atoms with E-state index in [2.05, 4.69) is 61.5 Å². The molecule has 3 heteroatoms. The quantitative estimate of drug-likeness (QED) is 0.372. The van der Waals surface area contributed by atoms with E-state index >= 15 is 0 Å². The van der Waals surface area contributed by atoms with E-state index in [0.29, 0.717) is 34.5 Å². The number of aliphatic hydroxyl groups excluding tert-OH is 2. The maximum atomic E-state index is 10.9. The van der Waals surface area contributed by atoms with Crippen molar-refractivity contribution in [3.8, 4) is 0 Å². The predicted octanol–water partition coefficient (Wildman–Crippen LogP) is 6.52. The van der Waals surface area contributed by atoms with Crippen molar-refractivity contribution in [1.82, 2.24) is 0 Å². The lowest BCUT2D eigenvalue weighted by Crippen LogP contribution is -2.58.